The second-order valence-corrected chi connectivity index (χ2v) is 5.52. The van der Waals surface area contributed by atoms with Gasteiger partial charge in [0.15, 0.2) is 0 Å². The highest BCUT2D eigenvalue weighted by atomic mass is 35.5. The van der Waals surface area contributed by atoms with E-state index in [1.807, 2.05) is 0 Å². The minimum atomic E-state index is -0.263. The highest BCUT2D eigenvalue weighted by Gasteiger charge is 2.35. The first-order valence-corrected chi connectivity index (χ1v) is 6.47. The number of hydrogen-bond acceptors (Lipinski definition) is 2. The summed E-state index contributed by atoms with van der Waals surface area (Å²) in [6, 6.07) is 4.68. The molecule has 2 aliphatic rings. The SMILES string of the molecule is Fc1ccc(CN2C[C@H]3CNC[C@H]3C2)c(Cl)c1. The molecule has 92 valence electrons. The number of nitrogens with zero attached hydrogens (tertiary/aromatic N) is 1. The minimum absolute atomic E-state index is 0.263. The first-order valence-electron chi connectivity index (χ1n) is 6.09. The first-order chi connectivity index (χ1) is 8.22. The van der Waals surface area contributed by atoms with E-state index in [9.17, 15) is 4.39 Å². The molecular formula is C13H16ClFN2. The fourth-order valence-electron chi connectivity index (χ4n) is 2.97. The minimum Gasteiger partial charge on any atom is -0.316 e. The molecule has 2 nitrogen and oxygen atoms in total. The van der Waals surface area contributed by atoms with Crippen molar-refractivity contribution in [2.24, 2.45) is 11.8 Å². The molecule has 0 spiro atoms. The van der Waals surface area contributed by atoms with E-state index in [1.54, 1.807) is 6.07 Å². The second kappa shape index (κ2) is 4.56. The van der Waals surface area contributed by atoms with Crippen molar-refractivity contribution in [2.75, 3.05) is 26.2 Å². The van der Waals surface area contributed by atoms with Crippen molar-refractivity contribution >= 4 is 11.6 Å². The zero-order valence-electron chi connectivity index (χ0n) is 9.63. The van der Waals surface area contributed by atoms with E-state index < -0.39 is 0 Å². The molecule has 1 aromatic carbocycles. The maximum absolute atomic E-state index is 12.9. The van der Waals surface area contributed by atoms with Gasteiger partial charge in [0.2, 0.25) is 0 Å². The maximum Gasteiger partial charge on any atom is 0.124 e. The molecule has 0 unspecified atom stereocenters. The molecule has 4 heteroatoms. The van der Waals surface area contributed by atoms with E-state index >= 15 is 0 Å². The van der Waals surface area contributed by atoms with Gasteiger partial charge in [0.1, 0.15) is 5.82 Å². The number of rotatable bonds is 2. The Hall–Kier alpha value is -0.640. The third-order valence-corrected chi connectivity index (χ3v) is 4.23. The lowest BCUT2D eigenvalue weighted by molar-refractivity contribution is 0.305. The van der Waals surface area contributed by atoms with Crippen LogP contribution < -0.4 is 5.32 Å². The van der Waals surface area contributed by atoms with Crippen molar-refractivity contribution in [3.63, 3.8) is 0 Å². The third kappa shape index (κ3) is 2.32. The molecular weight excluding hydrogens is 239 g/mol. The van der Waals surface area contributed by atoms with Crippen molar-refractivity contribution in [3.05, 3.63) is 34.6 Å². The summed E-state index contributed by atoms with van der Waals surface area (Å²) in [7, 11) is 0. The van der Waals surface area contributed by atoms with Gasteiger partial charge in [-0.15, -0.1) is 0 Å². The van der Waals surface area contributed by atoms with Crippen molar-refractivity contribution in [2.45, 2.75) is 6.54 Å². The van der Waals surface area contributed by atoms with Crippen LogP contribution in [0.2, 0.25) is 5.02 Å². The Balaban J connectivity index is 1.67. The lowest BCUT2D eigenvalue weighted by atomic mass is 10.0. The molecule has 3 rings (SSSR count). The van der Waals surface area contributed by atoms with Gasteiger partial charge in [0.25, 0.3) is 0 Å². The molecule has 0 amide bonds. The molecule has 2 heterocycles. The molecule has 1 aromatic rings. The Morgan fingerprint density at radius 1 is 1.29 bits per heavy atom. The zero-order valence-corrected chi connectivity index (χ0v) is 10.4. The first kappa shape index (κ1) is 11.5. The number of nitrogens with one attached hydrogen (secondary N) is 1. The summed E-state index contributed by atoms with van der Waals surface area (Å²) in [4.78, 5) is 2.43. The highest BCUT2D eigenvalue weighted by molar-refractivity contribution is 6.31. The smallest absolute Gasteiger partial charge is 0.124 e. The zero-order chi connectivity index (χ0) is 11.8. The number of halogens is 2. The van der Waals surface area contributed by atoms with Crippen LogP contribution in [0.3, 0.4) is 0 Å². The van der Waals surface area contributed by atoms with E-state index in [1.165, 1.54) is 12.1 Å². The van der Waals surface area contributed by atoms with Crippen LogP contribution >= 0.6 is 11.6 Å². The van der Waals surface area contributed by atoms with E-state index in [-0.39, 0.29) is 5.82 Å². The van der Waals surface area contributed by atoms with Crippen LogP contribution in [0.5, 0.6) is 0 Å². The van der Waals surface area contributed by atoms with Gasteiger partial charge in [-0.3, -0.25) is 4.90 Å². The highest BCUT2D eigenvalue weighted by Crippen LogP contribution is 2.28. The Bertz CT molecular complexity index is 412. The fourth-order valence-corrected chi connectivity index (χ4v) is 3.20. The summed E-state index contributed by atoms with van der Waals surface area (Å²) in [6.45, 7) is 5.37. The normalized spacial score (nSPS) is 28.6. The topological polar surface area (TPSA) is 15.3 Å². The molecule has 2 saturated heterocycles. The predicted octanol–water partition coefficient (Wildman–Crippen LogP) is 2.13. The molecule has 2 fully saturated rings. The van der Waals surface area contributed by atoms with Gasteiger partial charge in [0.05, 0.1) is 0 Å². The molecule has 0 saturated carbocycles. The summed E-state index contributed by atoms with van der Waals surface area (Å²) >= 11 is 6.05. The second-order valence-electron chi connectivity index (χ2n) is 5.11. The van der Waals surface area contributed by atoms with E-state index in [2.05, 4.69) is 10.2 Å². The average Bonchev–Trinajstić information content (AvgIpc) is 2.82. The van der Waals surface area contributed by atoms with Crippen molar-refractivity contribution in [1.82, 2.24) is 10.2 Å². The van der Waals surface area contributed by atoms with Gasteiger partial charge >= 0.3 is 0 Å². The van der Waals surface area contributed by atoms with Crippen LogP contribution in [0, 0.1) is 17.7 Å². The van der Waals surface area contributed by atoms with Gasteiger partial charge < -0.3 is 5.32 Å². The van der Waals surface area contributed by atoms with Gasteiger partial charge in [-0.25, -0.2) is 4.39 Å². The molecule has 0 aromatic heterocycles. The van der Waals surface area contributed by atoms with E-state index in [0.717, 1.165) is 50.1 Å². The summed E-state index contributed by atoms with van der Waals surface area (Å²) in [5, 5.41) is 3.97. The van der Waals surface area contributed by atoms with Crippen molar-refractivity contribution < 1.29 is 4.39 Å². The quantitative estimate of drug-likeness (QED) is 0.870. The van der Waals surface area contributed by atoms with Crippen LogP contribution in [0.1, 0.15) is 5.56 Å². The van der Waals surface area contributed by atoms with E-state index in [0.29, 0.717) is 5.02 Å². The lowest BCUT2D eigenvalue weighted by Crippen LogP contribution is -2.25. The largest absolute Gasteiger partial charge is 0.316 e. The number of hydrogen-bond donors (Lipinski definition) is 1. The Morgan fingerprint density at radius 2 is 2.00 bits per heavy atom. The summed E-state index contributed by atoms with van der Waals surface area (Å²) in [5.41, 5.74) is 1.03. The number of fused-ring (bicyclic) bond motifs is 1. The van der Waals surface area contributed by atoms with Crippen LogP contribution in [-0.2, 0) is 6.54 Å². The molecule has 2 atom stereocenters. The van der Waals surface area contributed by atoms with Gasteiger partial charge in [-0.1, -0.05) is 17.7 Å². The van der Waals surface area contributed by atoms with E-state index in [4.69, 9.17) is 11.6 Å². The van der Waals surface area contributed by atoms with Gasteiger partial charge in [-0.05, 0) is 42.6 Å². The molecule has 2 aliphatic heterocycles. The fraction of sp³-hybridized carbons (Fsp3) is 0.538. The summed E-state index contributed by atoms with van der Waals surface area (Å²) in [6.07, 6.45) is 0. The van der Waals surface area contributed by atoms with Crippen molar-refractivity contribution in [3.8, 4) is 0 Å². The van der Waals surface area contributed by atoms with Crippen LogP contribution in [0.15, 0.2) is 18.2 Å². The summed E-state index contributed by atoms with van der Waals surface area (Å²) < 4.78 is 12.9. The molecule has 1 N–H and O–H groups in total. The van der Waals surface area contributed by atoms with Crippen LogP contribution in [0.25, 0.3) is 0 Å². The summed E-state index contributed by atoms with van der Waals surface area (Å²) in [5.74, 6) is 1.31. The molecule has 0 aliphatic carbocycles. The Morgan fingerprint density at radius 3 is 2.65 bits per heavy atom. The maximum atomic E-state index is 12.9. The standard InChI is InChI=1S/C13H16ClFN2/c14-13-3-12(15)2-1-9(13)6-17-7-10-4-16-5-11(10)8-17/h1-3,10-11,16H,4-8H2/t10-,11+. The third-order valence-electron chi connectivity index (χ3n) is 3.87. The number of benzene rings is 1. The molecule has 17 heavy (non-hydrogen) atoms. The number of likely N-dealkylation sites (tertiary alicyclic amines) is 1. The monoisotopic (exact) mass is 254 g/mol. The predicted molar refractivity (Wildman–Crippen MR) is 66.5 cm³/mol. The Labute approximate surface area is 106 Å². The van der Waals surface area contributed by atoms with Gasteiger partial charge in [0, 0.05) is 24.7 Å². The molecule has 0 radical (unpaired) electrons. The Kier molecular flexibility index (Phi) is 3.07. The lowest BCUT2D eigenvalue weighted by Gasteiger charge is -2.17. The average molecular weight is 255 g/mol. The van der Waals surface area contributed by atoms with Crippen molar-refractivity contribution in [1.29, 1.82) is 0 Å². The van der Waals surface area contributed by atoms with Crippen LogP contribution in [0.4, 0.5) is 4.39 Å². The molecule has 0 bridgehead atoms. The van der Waals surface area contributed by atoms with Gasteiger partial charge in [-0.2, -0.15) is 0 Å². The van der Waals surface area contributed by atoms with Crippen LogP contribution in [-0.4, -0.2) is 31.1 Å².